The van der Waals surface area contributed by atoms with E-state index in [1.165, 1.54) is 0 Å². The summed E-state index contributed by atoms with van der Waals surface area (Å²) in [5.74, 6) is -1.00. The van der Waals surface area contributed by atoms with Crippen molar-refractivity contribution < 1.29 is 29.3 Å². The lowest BCUT2D eigenvalue weighted by atomic mass is 9.92. The van der Waals surface area contributed by atoms with Crippen LogP contribution in [0.25, 0.3) is 0 Å². The number of aliphatic hydroxyl groups is 2. The Morgan fingerprint density at radius 2 is 1.13 bits per heavy atom. The Morgan fingerprint density at radius 3 is 1.35 bits per heavy atom. The largest absolute Gasteiger partial charge is 0.465 e. The molecule has 0 aliphatic heterocycles. The van der Waals surface area contributed by atoms with Crippen molar-refractivity contribution in [2.75, 3.05) is 26.4 Å². The summed E-state index contributed by atoms with van der Waals surface area (Å²) < 4.78 is 9.12. The normalized spacial score (nSPS) is 12.9. The number of esters is 2. The van der Waals surface area contributed by atoms with Gasteiger partial charge in [-0.1, -0.05) is 27.7 Å². The quantitative estimate of drug-likeness (QED) is 0.342. The van der Waals surface area contributed by atoms with E-state index in [1.807, 2.05) is 0 Å². The van der Waals surface area contributed by atoms with E-state index in [9.17, 15) is 19.8 Å². The van der Waals surface area contributed by atoms with Gasteiger partial charge in [-0.05, 0) is 0 Å². The molecule has 2 N–H and O–H groups in total. The number of hydrogen-bond acceptors (Lipinski definition) is 8. The molecule has 6 nitrogen and oxygen atoms in total. The highest BCUT2D eigenvalue weighted by atomic mass is 32.1. The first-order valence-electron chi connectivity index (χ1n) is 7.30. The molecular weight excluding hydrogens is 340 g/mol. The van der Waals surface area contributed by atoms with Gasteiger partial charge in [-0.3, -0.25) is 9.59 Å². The first kappa shape index (κ1) is 22.6. The van der Waals surface area contributed by atoms with Gasteiger partial charge in [-0.25, -0.2) is 0 Å². The van der Waals surface area contributed by atoms with Gasteiger partial charge in [-0.2, -0.15) is 25.3 Å². The summed E-state index contributed by atoms with van der Waals surface area (Å²) in [5.41, 5.74) is -1.23. The number of hydrogen-bond donors (Lipinski definition) is 4. The van der Waals surface area contributed by atoms with Crippen molar-refractivity contribution >= 4 is 37.2 Å². The molecule has 0 aliphatic carbocycles. The van der Waals surface area contributed by atoms with Crippen LogP contribution in [0.3, 0.4) is 0 Å². The predicted molar refractivity (Wildman–Crippen MR) is 93.9 cm³/mol. The van der Waals surface area contributed by atoms with E-state index in [0.717, 1.165) is 0 Å². The Balaban J connectivity index is 4.57. The summed E-state index contributed by atoms with van der Waals surface area (Å²) in [6, 6.07) is 0. The van der Waals surface area contributed by atoms with Crippen LogP contribution < -0.4 is 0 Å². The lowest BCUT2D eigenvalue weighted by Crippen LogP contribution is -2.41. The summed E-state index contributed by atoms with van der Waals surface area (Å²) in [6.45, 7) is 5.60. The second-order valence-corrected chi connectivity index (χ2v) is 9.54. The molecule has 0 unspecified atom stereocenters. The molecule has 0 rings (SSSR count). The number of aliphatic hydroxyl groups excluding tert-OH is 2. The average Bonchev–Trinajstić information content (AvgIpc) is 2.36. The molecule has 0 aromatic heterocycles. The monoisotopic (exact) mass is 368 g/mol. The number of ether oxygens (including phenoxy) is 2. The fourth-order valence-electron chi connectivity index (χ4n) is 1.55. The van der Waals surface area contributed by atoms with Gasteiger partial charge >= 0.3 is 11.9 Å². The zero-order chi connectivity index (χ0) is 18.3. The van der Waals surface area contributed by atoms with Crippen LogP contribution in [0.5, 0.6) is 0 Å². The molecule has 23 heavy (non-hydrogen) atoms. The zero-order valence-corrected chi connectivity index (χ0v) is 16.0. The predicted octanol–water partition coefficient (Wildman–Crippen LogP) is 1.24. The standard InChI is InChI=1S/C15H28O6S2/c1-13(2,22)5-11(18)20-9-15(7-16,8-17)10-21-12(19)6-14(3,4)23/h16-17,22-23H,5-10H2,1-4H3. The molecular formula is C15H28O6S2. The maximum Gasteiger partial charge on any atom is 0.307 e. The third-order valence-electron chi connectivity index (χ3n) is 2.90. The third kappa shape index (κ3) is 10.9. The van der Waals surface area contributed by atoms with Crippen LogP contribution in [0.2, 0.25) is 0 Å². The first-order chi connectivity index (χ1) is 10.3. The molecule has 8 heteroatoms. The SMILES string of the molecule is CC(C)(S)CC(=O)OCC(CO)(CO)COC(=O)CC(C)(C)S. The van der Waals surface area contributed by atoms with E-state index in [-0.39, 0.29) is 26.1 Å². The molecule has 0 amide bonds. The van der Waals surface area contributed by atoms with Gasteiger partial charge in [0.1, 0.15) is 13.2 Å². The minimum atomic E-state index is -1.23. The summed E-state index contributed by atoms with van der Waals surface area (Å²) in [6.07, 6.45) is 0.160. The maximum absolute atomic E-state index is 11.7. The van der Waals surface area contributed by atoms with Gasteiger partial charge in [0.05, 0.1) is 31.5 Å². The van der Waals surface area contributed by atoms with Crippen LogP contribution in [0.15, 0.2) is 0 Å². The fourth-order valence-corrected chi connectivity index (χ4v) is 1.81. The first-order valence-corrected chi connectivity index (χ1v) is 8.20. The van der Waals surface area contributed by atoms with Crippen molar-refractivity contribution in [3.63, 3.8) is 0 Å². The van der Waals surface area contributed by atoms with Crippen molar-refractivity contribution in [1.29, 1.82) is 0 Å². The van der Waals surface area contributed by atoms with Crippen LogP contribution in [-0.4, -0.2) is 58.1 Å². The molecule has 0 atom stereocenters. The summed E-state index contributed by atoms with van der Waals surface area (Å²) in [7, 11) is 0. The van der Waals surface area contributed by atoms with Crippen molar-refractivity contribution in [3.8, 4) is 0 Å². The van der Waals surface area contributed by atoms with Crippen LogP contribution in [0.1, 0.15) is 40.5 Å². The third-order valence-corrected chi connectivity index (χ3v) is 3.22. The fraction of sp³-hybridized carbons (Fsp3) is 0.867. The molecule has 0 heterocycles. The number of rotatable bonds is 10. The van der Waals surface area contributed by atoms with E-state index in [2.05, 4.69) is 25.3 Å². The molecule has 0 radical (unpaired) electrons. The Kier molecular flexibility index (Phi) is 8.97. The molecule has 0 aromatic rings. The van der Waals surface area contributed by atoms with Crippen LogP contribution in [0.4, 0.5) is 0 Å². The molecule has 0 saturated heterocycles. The van der Waals surface area contributed by atoms with Gasteiger partial charge in [0.2, 0.25) is 0 Å². The minimum absolute atomic E-state index is 0.0800. The Hall–Kier alpha value is -0.440. The molecule has 0 aromatic carbocycles. The van der Waals surface area contributed by atoms with E-state index in [4.69, 9.17) is 9.47 Å². The zero-order valence-electron chi connectivity index (χ0n) is 14.2. The highest BCUT2D eigenvalue weighted by Crippen LogP contribution is 2.22. The molecule has 0 saturated carbocycles. The van der Waals surface area contributed by atoms with Crippen molar-refractivity contribution in [2.24, 2.45) is 5.41 Å². The lowest BCUT2D eigenvalue weighted by molar-refractivity contribution is -0.159. The lowest BCUT2D eigenvalue weighted by Gasteiger charge is -2.29. The van der Waals surface area contributed by atoms with Crippen molar-refractivity contribution in [1.82, 2.24) is 0 Å². The second-order valence-electron chi connectivity index (χ2n) is 7.12. The van der Waals surface area contributed by atoms with Crippen LogP contribution in [-0.2, 0) is 19.1 Å². The number of carbonyl (C=O) groups is 2. The summed E-state index contributed by atoms with van der Waals surface area (Å²) in [5, 5.41) is 19.0. The summed E-state index contributed by atoms with van der Waals surface area (Å²) in [4.78, 5) is 23.4. The molecule has 0 aliphatic rings. The van der Waals surface area contributed by atoms with E-state index < -0.39 is 40.1 Å². The molecule has 0 spiro atoms. The van der Waals surface area contributed by atoms with Gasteiger partial charge in [-0.15, -0.1) is 0 Å². The molecule has 0 fully saturated rings. The number of carbonyl (C=O) groups excluding carboxylic acids is 2. The molecule has 0 bridgehead atoms. The highest BCUT2D eigenvalue weighted by Gasteiger charge is 2.34. The second kappa shape index (κ2) is 9.15. The van der Waals surface area contributed by atoms with E-state index in [1.54, 1.807) is 27.7 Å². The van der Waals surface area contributed by atoms with Crippen molar-refractivity contribution in [2.45, 2.75) is 50.0 Å². The van der Waals surface area contributed by atoms with Gasteiger partial charge < -0.3 is 19.7 Å². The Labute approximate surface area is 148 Å². The van der Waals surface area contributed by atoms with Crippen LogP contribution in [0, 0.1) is 5.41 Å². The van der Waals surface area contributed by atoms with Gasteiger partial charge in [0.15, 0.2) is 0 Å². The topological polar surface area (TPSA) is 93.1 Å². The Morgan fingerprint density at radius 1 is 0.826 bits per heavy atom. The number of thiol groups is 2. The highest BCUT2D eigenvalue weighted by molar-refractivity contribution is 7.82. The van der Waals surface area contributed by atoms with Crippen molar-refractivity contribution in [3.05, 3.63) is 0 Å². The summed E-state index contributed by atoms with van der Waals surface area (Å²) >= 11 is 8.47. The smallest absolute Gasteiger partial charge is 0.307 e. The maximum atomic E-state index is 11.7. The van der Waals surface area contributed by atoms with E-state index >= 15 is 0 Å². The average molecular weight is 369 g/mol. The van der Waals surface area contributed by atoms with Gasteiger partial charge in [0.25, 0.3) is 0 Å². The van der Waals surface area contributed by atoms with Gasteiger partial charge in [0, 0.05) is 9.49 Å². The van der Waals surface area contributed by atoms with Crippen LogP contribution >= 0.6 is 25.3 Å². The van der Waals surface area contributed by atoms with E-state index in [0.29, 0.717) is 0 Å². The Bertz CT molecular complexity index is 360. The minimum Gasteiger partial charge on any atom is -0.465 e. The molecule has 136 valence electrons.